The van der Waals surface area contributed by atoms with Crippen LogP contribution in [0, 0.1) is 0 Å². The topological polar surface area (TPSA) is 66.8 Å². The molecule has 1 amide bonds. The van der Waals surface area contributed by atoms with Crippen LogP contribution in [0.5, 0.6) is 11.5 Å². The van der Waals surface area contributed by atoms with E-state index < -0.39 is 0 Å². The largest absolute Gasteiger partial charge is 0.504 e. The lowest BCUT2D eigenvalue weighted by atomic mass is 9.77. The minimum Gasteiger partial charge on any atom is -0.504 e. The molecular formula is C22H20ClNO4. The first-order valence-corrected chi connectivity index (χ1v) is 9.59. The summed E-state index contributed by atoms with van der Waals surface area (Å²) in [5, 5.41) is 10.5. The van der Waals surface area contributed by atoms with Crippen LogP contribution < -0.4 is 9.64 Å². The second-order valence-electron chi connectivity index (χ2n) is 7.03. The zero-order chi connectivity index (χ0) is 19.8. The summed E-state index contributed by atoms with van der Waals surface area (Å²) in [7, 11) is 1.48. The van der Waals surface area contributed by atoms with Crippen LogP contribution in [0.15, 0.2) is 53.7 Å². The number of hydrogen-bond donors (Lipinski definition) is 1. The molecule has 2 aliphatic rings. The van der Waals surface area contributed by atoms with E-state index in [1.807, 2.05) is 0 Å². The van der Waals surface area contributed by atoms with E-state index in [0.717, 1.165) is 23.4 Å². The van der Waals surface area contributed by atoms with Crippen molar-refractivity contribution < 1.29 is 19.4 Å². The molecule has 5 nitrogen and oxygen atoms in total. The van der Waals surface area contributed by atoms with Gasteiger partial charge in [0.15, 0.2) is 17.3 Å². The van der Waals surface area contributed by atoms with E-state index in [1.165, 1.54) is 13.2 Å². The number of anilines is 1. The summed E-state index contributed by atoms with van der Waals surface area (Å²) in [4.78, 5) is 27.7. The summed E-state index contributed by atoms with van der Waals surface area (Å²) in [6.07, 6.45) is 2.05. The summed E-state index contributed by atoms with van der Waals surface area (Å²) in [5.74, 6) is 0.0294. The van der Waals surface area contributed by atoms with Crippen molar-refractivity contribution in [1.29, 1.82) is 0 Å². The average Bonchev–Trinajstić information content (AvgIpc) is 2.69. The summed E-state index contributed by atoms with van der Waals surface area (Å²) in [5.41, 5.74) is 2.97. The lowest BCUT2D eigenvalue weighted by Crippen LogP contribution is -2.40. The van der Waals surface area contributed by atoms with Crippen molar-refractivity contribution in [3.8, 4) is 11.5 Å². The number of allylic oxidation sites excluding steroid dienone is 2. The highest BCUT2D eigenvalue weighted by molar-refractivity contribution is 6.30. The van der Waals surface area contributed by atoms with Crippen LogP contribution in [0.4, 0.5) is 5.69 Å². The minimum atomic E-state index is -0.339. The quantitative estimate of drug-likeness (QED) is 0.823. The van der Waals surface area contributed by atoms with E-state index >= 15 is 0 Å². The van der Waals surface area contributed by atoms with Crippen LogP contribution in [-0.4, -0.2) is 23.9 Å². The van der Waals surface area contributed by atoms with E-state index in [9.17, 15) is 14.7 Å². The van der Waals surface area contributed by atoms with Gasteiger partial charge in [-0.1, -0.05) is 17.7 Å². The third kappa shape index (κ3) is 3.16. The number of aromatic hydroxyl groups is 1. The van der Waals surface area contributed by atoms with E-state index in [1.54, 1.807) is 41.3 Å². The molecule has 4 rings (SSSR count). The summed E-state index contributed by atoms with van der Waals surface area (Å²) >= 11 is 5.99. The van der Waals surface area contributed by atoms with Crippen LogP contribution in [0.1, 0.15) is 37.2 Å². The van der Waals surface area contributed by atoms with Crippen LogP contribution in [0.25, 0.3) is 0 Å². The highest BCUT2D eigenvalue weighted by Gasteiger charge is 2.39. The molecule has 1 N–H and O–H groups in total. The number of ketones is 1. The molecule has 0 saturated heterocycles. The number of amides is 1. The van der Waals surface area contributed by atoms with E-state index in [4.69, 9.17) is 16.3 Å². The van der Waals surface area contributed by atoms with Gasteiger partial charge in [0.25, 0.3) is 0 Å². The minimum absolute atomic E-state index is 0.0281. The molecule has 1 heterocycles. The first kappa shape index (κ1) is 18.6. The predicted octanol–water partition coefficient (Wildman–Crippen LogP) is 4.58. The Morgan fingerprint density at radius 2 is 1.86 bits per heavy atom. The van der Waals surface area contributed by atoms with E-state index in [2.05, 4.69) is 0 Å². The highest BCUT2D eigenvalue weighted by atomic mass is 35.5. The lowest BCUT2D eigenvalue weighted by molar-refractivity contribution is -0.119. The zero-order valence-electron chi connectivity index (χ0n) is 15.4. The van der Waals surface area contributed by atoms with Crippen molar-refractivity contribution in [3.63, 3.8) is 0 Å². The third-order valence-corrected chi connectivity index (χ3v) is 5.62. The molecule has 1 unspecified atom stereocenters. The van der Waals surface area contributed by atoms with Gasteiger partial charge < -0.3 is 9.84 Å². The summed E-state index contributed by atoms with van der Waals surface area (Å²) < 4.78 is 5.21. The molecule has 0 aromatic heterocycles. The third-order valence-electron chi connectivity index (χ3n) is 5.37. The van der Waals surface area contributed by atoms with Gasteiger partial charge in [0, 0.05) is 40.7 Å². The van der Waals surface area contributed by atoms with Crippen molar-refractivity contribution in [2.75, 3.05) is 12.0 Å². The number of ether oxygens (including phenoxy) is 1. The maximum absolute atomic E-state index is 13.1. The van der Waals surface area contributed by atoms with Gasteiger partial charge in [0.1, 0.15) is 0 Å². The zero-order valence-corrected chi connectivity index (χ0v) is 16.2. The molecule has 2 aromatic rings. The fourth-order valence-electron chi connectivity index (χ4n) is 4.08. The van der Waals surface area contributed by atoms with Crippen molar-refractivity contribution in [1.82, 2.24) is 0 Å². The van der Waals surface area contributed by atoms with Gasteiger partial charge in [-0.15, -0.1) is 0 Å². The Morgan fingerprint density at radius 3 is 2.57 bits per heavy atom. The van der Waals surface area contributed by atoms with Gasteiger partial charge >= 0.3 is 0 Å². The van der Waals surface area contributed by atoms with Gasteiger partial charge in [-0.3, -0.25) is 14.5 Å². The van der Waals surface area contributed by atoms with Gasteiger partial charge in [-0.2, -0.15) is 0 Å². The molecular weight excluding hydrogens is 378 g/mol. The number of carbonyl (C=O) groups is 2. The molecule has 1 atom stereocenters. The molecule has 28 heavy (non-hydrogen) atoms. The molecule has 6 heteroatoms. The number of methoxy groups -OCH3 is 1. The molecule has 144 valence electrons. The van der Waals surface area contributed by atoms with Crippen LogP contribution in [0.3, 0.4) is 0 Å². The summed E-state index contributed by atoms with van der Waals surface area (Å²) in [6, 6.07) is 12.1. The maximum Gasteiger partial charge on any atom is 0.232 e. The van der Waals surface area contributed by atoms with Crippen LogP contribution >= 0.6 is 11.6 Å². The maximum atomic E-state index is 13.1. The number of halogens is 1. The average molecular weight is 398 g/mol. The second-order valence-corrected chi connectivity index (χ2v) is 7.47. The molecule has 0 saturated carbocycles. The Hall–Kier alpha value is -2.79. The first-order chi connectivity index (χ1) is 13.5. The Balaban J connectivity index is 1.84. The number of Topliss-reactive ketones (excluding diaryl/α,β-unsaturated/α-hetero) is 1. The Bertz CT molecular complexity index is 981. The Morgan fingerprint density at radius 1 is 1.11 bits per heavy atom. The SMILES string of the molecule is COc1cc(C2CC(=O)N(c3ccc(Cl)cc3)C3=C2C(=O)CCC3)ccc1O. The van der Waals surface area contributed by atoms with E-state index in [-0.39, 0.29) is 29.8 Å². The van der Waals surface area contributed by atoms with Crippen molar-refractivity contribution in [3.05, 3.63) is 64.3 Å². The van der Waals surface area contributed by atoms with Gasteiger partial charge in [-0.05, 0) is 54.8 Å². The predicted molar refractivity (Wildman–Crippen MR) is 107 cm³/mol. The smallest absolute Gasteiger partial charge is 0.232 e. The normalized spacial score (nSPS) is 19.6. The number of phenolic OH excluding ortho intramolecular Hbond substituents is 1. The molecule has 0 bridgehead atoms. The number of hydrogen-bond acceptors (Lipinski definition) is 4. The highest BCUT2D eigenvalue weighted by Crippen LogP contribution is 2.44. The van der Waals surface area contributed by atoms with Crippen LogP contribution in [0.2, 0.25) is 5.02 Å². The number of nitrogens with zero attached hydrogens (tertiary/aromatic N) is 1. The fraction of sp³-hybridized carbons (Fsp3) is 0.273. The summed E-state index contributed by atoms with van der Waals surface area (Å²) in [6.45, 7) is 0. The Labute approximate surface area is 168 Å². The molecule has 2 aromatic carbocycles. The number of rotatable bonds is 3. The van der Waals surface area contributed by atoms with Crippen molar-refractivity contribution >= 4 is 29.0 Å². The fourth-order valence-corrected chi connectivity index (χ4v) is 4.20. The number of benzene rings is 2. The monoisotopic (exact) mass is 397 g/mol. The van der Waals surface area contributed by atoms with Gasteiger partial charge in [0.05, 0.1) is 7.11 Å². The van der Waals surface area contributed by atoms with Gasteiger partial charge in [0.2, 0.25) is 5.91 Å². The van der Waals surface area contributed by atoms with Gasteiger partial charge in [-0.25, -0.2) is 0 Å². The van der Waals surface area contributed by atoms with Crippen LogP contribution in [-0.2, 0) is 9.59 Å². The number of carbonyl (C=O) groups excluding carboxylic acids is 2. The molecule has 1 aliphatic carbocycles. The molecule has 0 radical (unpaired) electrons. The van der Waals surface area contributed by atoms with Crippen molar-refractivity contribution in [2.24, 2.45) is 0 Å². The number of phenols is 1. The lowest BCUT2D eigenvalue weighted by Gasteiger charge is -2.38. The van der Waals surface area contributed by atoms with Crippen molar-refractivity contribution in [2.45, 2.75) is 31.6 Å². The first-order valence-electron chi connectivity index (χ1n) is 9.21. The standard InChI is InChI=1S/C22H20ClNO4/c1-28-20-11-13(5-10-18(20)25)16-12-21(27)24(15-8-6-14(23)7-9-15)17-3-2-4-19(26)22(16)17/h5-11,16,25H,2-4,12H2,1H3. The second kappa shape index (κ2) is 7.32. The molecule has 0 spiro atoms. The molecule has 0 fully saturated rings. The Kier molecular flexibility index (Phi) is 4.85. The van der Waals surface area contributed by atoms with E-state index in [0.29, 0.717) is 29.2 Å². The molecule has 1 aliphatic heterocycles.